The fourth-order valence-electron chi connectivity index (χ4n) is 8.06. The minimum atomic E-state index is -0.796. The van der Waals surface area contributed by atoms with Crippen molar-refractivity contribution in [2.75, 3.05) is 6.61 Å². The van der Waals surface area contributed by atoms with E-state index in [1.165, 1.54) is 135 Å². The number of aliphatic hydroxyl groups is 2. The predicted molar refractivity (Wildman–Crippen MR) is 269 cm³/mol. The number of unbranched alkanes of at least 4 members (excludes halogenated alkanes) is 30. The molecule has 6 heteroatoms. The van der Waals surface area contributed by atoms with Gasteiger partial charge in [-0.3, -0.25) is 9.59 Å². The highest BCUT2D eigenvalue weighted by Crippen LogP contribution is 2.17. The summed E-state index contributed by atoms with van der Waals surface area (Å²) in [6.07, 6.45) is 60.3. The van der Waals surface area contributed by atoms with E-state index in [0.717, 1.165) is 89.9 Å². The lowest BCUT2D eigenvalue weighted by atomic mass is 10.0. The van der Waals surface area contributed by atoms with Crippen molar-refractivity contribution < 1.29 is 24.5 Å². The molecule has 1 amide bonds. The van der Waals surface area contributed by atoms with Gasteiger partial charge in [-0.05, 0) is 77.0 Å². The van der Waals surface area contributed by atoms with Gasteiger partial charge in [0.05, 0.1) is 25.2 Å². The van der Waals surface area contributed by atoms with Crippen molar-refractivity contribution in [1.29, 1.82) is 0 Å². The Hall–Kier alpha value is -2.18. The summed E-state index contributed by atoms with van der Waals surface area (Å²) >= 11 is 0. The third-order valence-electron chi connectivity index (χ3n) is 12.2. The molecule has 0 heterocycles. The second kappa shape index (κ2) is 49.8. The molecule has 0 fully saturated rings. The normalized spacial score (nSPS) is 13.6. The van der Waals surface area contributed by atoms with Crippen LogP contribution in [-0.2, 0) is 14.3 Å². The monoisotopic (exact) mass is 870 g/mol. The third kappa shape index (κ3) is 44.4. The Bertz CT molecular complexity index is 1070. The molecule has 0 radical (unpaired) electrons. The van der Waals surface area contributed by atoms with Gasteiger partial charge in [-0.1, -0.05) is 230 Å². The van der Waals surface area contributed by atoms with Crippen molar-refractivity contribution in [3.63, 3.8) is 0 Å². The van der Waals surface area contributed by atoms with E-state index in [4.69, 9.17) is 4.74 Å². The van der Waals surface area contributed by atoms with Crippen LogP contribution in [0.5, 0.6) is 0 Å². The summed E-state index contributed by atoms with van der Waals surface area (Å²) in [5.74, 6) is -0.513. The Balaban J connectivity index is 4.62. The van der Waals surface area contributed by atoms with E-state index in [0.29, 0.717) is 19.3 Å². The number of aliphatic hydroxyl groups excluding tert-OH is 2. The average Bonchev–Trinajstić information content (AvgIpc) is 3.26. The van der Waals surface area contributed by atoms with Gasteiger partial charge in [0, 0.05) is 6.42 Å². The van der Waals surface area contributed by atoms with Crippen molar-refractivity contribution in [3.8, 4) is 0 Å². The number of esters is 1. The maximum absolute atomic E-state index is 13.2. The Morgan fingerprint density at radius 1 is 0.468 bits per heavy atom. The highest BCUT2D eigenvalue weighted by molar-refractivity contribution is 5.77. The van der Waals surface area contributed by atoms with Crippen LogP contribution in [0.15, 0.2) is 48.6 Å². The molecule has 0 spiro atoms. The second-order valence-corrected chi connectivity index (χ2v) is 18.3. The SMILES string of the molecule is CCCCCCCCC/C=C/C=C/CCCCCCCC(=O)OC(CCCCC/C=C/C=C/CCCCCCCCC)CC(=O)NC(CO)C(O)CCCCCCCCCCC. The summed E-state index contributed by atoms with van der Waals surface area (Å²) in [5.41, 5.74) is 0. The zero-order chi connectivity index (χ0) is 45.2. The molecule has 0 aromatic rings. The van der Waals surface area contributed by atoms with E-state index >= 15 is 0 Å². The summed E-state index contributed by atoms with van der Waals surface area (Å²) in [6.45, 7) is 6.45. The molecule has 62 heavy (non-hydrogen) atoms. The van der Waals surface area contributed by atoms with Crippen molar-refractivity contribution in [2.24, 2.45) is 0 Å². The van der Waals surface area contributed by atoms with Crippen molar-refractivity contribution in [2.45, 2.75) is 289 Å². The average molecular weight is 870 g/mol. The highest BCUT2D eigenvalue weighted by atomic mass is 16.5. The minimum Gasteiger partial charge on any atom is -0.462 e. The molecule has 3 atom stereocenters. The molecule has 0 saturated carbocycles. The zero-order valence-electron chi connectivity index (χ0n) is 41.3. The Morgan fingerprint density at radius 3 is 1.21 bits per heavy atom. The number of allylic oxidation sites excluding steroid dienone is 8. The van der Waals surface area contributed by atoms with E-state index in [1.54, 1.807) is 0 Å². The van der Waals surface area contributed by atoms with Gasteiger partial charge in [0.2, 0.25) is 5.91 Å². The number of ether oxygens (including phenoxy) is 1. The van der Waals surface area contributed by atoms with Gasteiger partial charge in [0.25, 0.3) is 0 Å². The van der Waals surface area contributed by atoms with Crippen molar-refractivity contribution >= 4 is 11.9 Å². The topological polar surface area (TPSA) is 95.9 Å². The Morgan fingerprint density at radius 2 is 0.806 bits per heavy atom. The second-order valence-electron chi connectivity index (χ2n) is 18.3. The molecule has 3 unspecified atom stereocenters. The molecule has 0 aromatic heterocycles. The number of carbonyl (C=O) groups is 2. The van der Waals surface area contributed by atoms with E-state index in [1.807, 2.05) is 0 Å². The van der Waals surface area contributed by atoms with E-state index in [2.05, 4.69) is 74.7 Å². The van der Waals surface area contributed by atoms with Gasteiger partial charge in [0.15, 0.2) is 0 Å². The molecule has 0 aliphatic rings. The largest absolute Gasteiger partial charge is 0.462 e. The summed E-state index contributed by atoms with van der Waals surface area (Å²) in [7, 11) is 0. The smallest absolute Gasteiger partial charge is 0.306 e. The van der Waals surface area contributed by atoms with Crippen LogP contribution in [0.1, 0.15) is 271 Å². The summed E-state index contributed by atoms with van der Waals surface area (Å²) in [6, 6.07) is -0.712. The highest BCUT2D eigenvalue weighted by Gasteiger charge is 2.24. The standard InChI is InChI=1S/C56H103NO5/c1-4-7-10-13-16-19-21-23-25-27-28-30-32-34-37-40-43-46-49-56(61)62-52(47-44-41-38-36-33-31-29-26-24-22-20-17-14-11-8-5-2)50-55(60)57-53(51-58)54(59)48-45-42-39-35-18-15-12-9-6-3/h25-31,33,52-54,58-59H,4-24,32,34-51H2,1-3H3,(H,57,60)/b27-25+,29-26+,30-28+,33-31+. The minimum absolute atomic E-state index is 0.0538. The van der Waals surface area contributed by atoms with E-state index in [-0.39, 0.29) is 24.9 Å². The number of carbonyl (C=O) groups excluding carboxylic acids is 2. The van der Waals surface area contributed by atoms with Crippen molar-refractivity contribution in [3.05, 3.63) is 48.6 Å². The molecule has 0 aliphatic heterocycles. The Kier molecular flexibility index (Phi) is 48.1. The molecule has 362 valence electrons. The quantitative estimate of drug-likeness (QED) is 0.0322. The maximum Gasteiger partial charge on any atom is 0.306 e. The lowest BCUT2D eigenvalue weighted by Gasteiger charge is -2.24. The fourth-order valence-corrected chi connectivity index (χ4v) is 8.06. The van der Waals surface area contributed by atoms with Gasteiger partial charge >= 0.3 is 5.97 Å². The first-order valence-corrected chi connectivity index (χ1v) is 26.9. The molecule has 0 aromatic carbocycles. The first kappa shape index (κ1) is 59.8. The van der Waals surface area contributed by atoms with Gasteiger partial charge in [-0.15, -0.1) is 0 Å². The molecule has 0 rings (SSSR count). The molecular formula is C56H103NO5. The summed E-state index contributed by atoms with van der Waals surface area (Å²) in [5, 5.41) is 23.7. The van der Waals surface area contributed by atoms with Crippen LogP contribution in [0.3, 0.4) is 0 Å². The summed E-state index contributed by atoms with van der Waals surface area (Å²) in [4.78, 5) is 26.1. The van der Waals surface area contributed by atoms with Crippen LogP contribution in [0.25, 0.3) is 0 Å². The number of rotatable bonds is 48. The van der Waals surface area contributed by atoms with Crippen LogP contribution in [0.4, 0.5) is 0 Å². The first-order valence-electron chi connectivity index (χ1n) is 26.9. The number of hydrogen-bond acceptors (Lipinski definition) is 5. The molecule has 0 saturated heterocycles. The fraction of sp³-hybridized carbons (Fsp3) is 0.821. The lowest BCUT2D eigenvalue weighted by molar-refractivity contribution is -0.151. The van der Waals surface area contributed by atoms with Crippen LogP contribution >= 0.6 is 0 Å². The predicted octanol–water partition coefficient (Wildman–Crippen LogP) is 16.2. The van der Waals surface area contributed by atoms with E-state index in [9.17, 15) is 19.8 Å². The van der Waals surface area contributed by atoms with Crippen LogP contribution in [0.2, 0.25) is 0 Å². The van der Waals surface area contributed by atoms with Gasteiger partial charge in [0.1, 0.15) is 6.10 Å². The van der Waals surface area contributed by atoms with Crippen LogP contribution < -0.4 is 5.32 Å². The third-order valence-corrected chi connectivity index (χ3v) is 12.2. The molecule has 0 bridgehead atoms. The number of amides is 1. The van der Waals surface area contributed by atoms with Crippen LogP contribution in [0, 0.1) is 0 Å². The van der Waals surface area contributed by atoms with Crippen molar-refractivity contribution in [1.82, 2.24) is 5.32 Å². The van der Waals surface area contributed by atoms with E-state index < -0.39 is 18.2 Å². The lowest BCUT2D eigenvalue weighted by Crippen LogP contribution is -2.46. The van der Waals surface area contributed by atoms with Gasteiger partial charge in [-0.2, -0.15) is 0 Å². The zero-order valence-corrected chi connectivity index (χ0v) is 41.3. The summed E-state index contributed by atoms with van der Waals surface area (Å²) < 4.78 is 5.92. The van der Waals surface area contributed by atoms with Gasteiger partial charge < -0.3 is 20.3 Å². The van der Waals surface area contributed by atoms with Gasteiger partial charge in [-0.25, -0.2) is 0 Å². The molecular weight excluding hydrogens is 767 g/mol. The number of nitrogens with one attached hydrogen (secondary N) is 1. The van der Waals surface area contributed by atoms with Crippen LogP contribution in [-0.4, -0.2) is 46.9 Å². The number of hydrogen-bond donors (Lipinski definition) is 3. The molecule has 6 nitrogen and oxygen atoms in total. The maximum atomic E-state index is 13.2. The Labute approximate surface area is 385 Å². The molecule has 3 N–H and O–H groups in total. The molecule has 0 aliphatic carbocycles. The first-order chi connectivity index (χ1) is 30.5.